The molecule has 39 heavy (non-hydrogen) atoms. The normalized spacial score (nSPS) is 17.1. The molecule has 0 spiro atoms. The Bertz CT molecular complexity index is 1530. The van der Waals surface area contributed by atoms with E-state index in [0.29, 0.717) is 50.0 Å². The molecule has 1 fully saturated rings. The lowest BCUT2D eigenvalue weighted by Crippen LogP contribution is -2.40. The van der Waals surface area contributed by atoms with Crippen LogP contribution in [0, 0.1) is 11.6 Å². The Balaban J connectivity index is 1.42. The highest BCUT2D eigenvalue weighted by Gasteiger charge is 2.48. The molecular weight excluding hydrogens is 534 g/mol. The fourth-order valence-corrected chi connectivity index (χ4v) is 6.66. The van der Waals surface area contributed by atoms with E-state index in [4.69, 9.17) is 4.74 Å². The van der Waals surface area contributed by atoms with Crippen LogP contribution in [0.4, 0.5) is 26.0 Å². The van der Waals surface area contributed by atoms with Gasteiger partial charge in [0.25, 0.3) is 5.91 Å². The SMILES string of the molecule is CC1(C)c2[nH]nc(NC(=O)c3ccc(N4CCOCC4)cc3NC=O)c2CN1S(=O)(=O)c1cc(F)cc(F)c1. The zero-order chi connectivity index (χ0) is 27.9. The van der Waals surface area contributed by atoms with Gasteiger partial charge in [-0.1, -0.05) is 0 Å². The summed E-state index contributed by atoms with van der Waals surface area (Å²) in [4.78, 5) is 26.1. The molecule has 2 amide bonds. The molecule has 2 aromatic carbocycles. The number of H-pyrrole nitrogens is 1. The molecule has 0 saturated carbocycles. The van der Waals surface area contributed by atoms with Crippen molar-refractivity contribution in [3.05, 3.63) is 64.9 Å². The summed E-state index contributed by atoms with van der Waals surface area (Å²) in [5.74, 6) is -2.51. The van der Waals surface area contributed by atoms with E-state index in [9.17, 15) is 26.8 Å². The minimum absolute atomic E-state index is 0.0977. The average molecular weight is 561 g/mol. The Labute approximate surface area is 223 Å². The molecular formula is C25H26F2N6O5S. The van der Waals surface area contributed by atoms with Crippen molar-refractivity contribution in [2.45, 2.75) is 30.8 Å². The molecule has 2 aliphatic heterocycles. The van der Waals surface area contributed by atoms with Gasteiger partial charge in [-0.05, 0) is 44.2 Å². The Hall–Kier alpha value is -3.88. The zero-order valence-electron chi connectivity index (χ0n) is 21.1. The van der Waals surface area contributed by atoms with Crippen molar-refractivity contribution in [1.82, 2.24) is 14.5 Å². The fraction of sp³-hybridized carbons (Fsp3) is 0.320. The highest BCUT2D eigenvalue weighted by molar-refractivity contribution is 7.89. The van der Waals surface area contributed by atoms with Gasteiger partial charge in [-0.25, -0.2) is 17.2 Å². The standard InChI is InChI=1S/C25H26F2N6O5S/c1-25(2)22-20(13-33(25)39(36,37)18-10-15(26)9-16(27)11-18)23(31-30-22)29-24(35)19-4-3-17(12-21(19)28-14-34)32-5-7-38-8-6-32/h3-4,9-12,14H,5-8,13H2,1-2H3,(H,28,34)(H2,29,30,31,35). The third-order valence-corrected chi connectivity index (χ3v) is 8.90. The summed E-state index contributed by atoms with van der Waals surface area (Å²) >= 11 is 0. The highest BCUT2D eigenvalue weighted by atomic mass is 32.2. The maximum atomic E-state index is 13.8. The summed E-state index contributed by atoms with van der Waals surface area (Å²) in [5, 5.41) is 12.2. The van der Waals surface area contributed by atoms with Gasteiger partial charge in [-0.3, -0.25) is 14.7 Å². The van der Waals surface area contributed by atoms with Crippen LogP contribution >= 0.6 is 0 Å². The van der Waals surface area contributed by atoms with E-state index in [1.807, 2.05) is 0 Å². The molecule has 0 unspecified atom stereocenters. The summed E-state index contributed by atoms with van der Waals surface area (Å²) in [6.07, 6.45) is 0.474. The summed E-state index contributed by atoms with van der Waals surface area (Å²) in [5.41, 5.74) is 0.938. The second-order valence-corrected chi connectivity index (χ2v) is 11.5. The number of carbonyl (C=O) groups is 2. The van der Waals surface area contributed by atoms with Crippen LogP contribution in [0.5, 0.6) is 0 Å². The first-order valence-corrected chi connectivity index (χ1v) is 13.5. The van der Waals surface area contributed by atoms with Gasteiger partial charge in [0.2, 0.25) is 16.4 Å². The first-order valence-electron chi connectivity index (χ1n) is 12.1. The van der Waals surface area contributed by atoms with Gasteiger partial charge >= 0.3 is 0 Å². The number of sulfonamides is 1. The molecule has 3 heterocycles. The number of rotatable bonds is 7. The van der Waals surface area contributed by atoms with Crippen LogP contribution < -0.4 is 15.5 Å². The molecule has 11 nitrogen and oxygen atoms in total. The summed E-state index contributed by atoms with van der Waals surface area (Å²) in [6, 6.07) is 7.14. The molecule has 3 aromatic rings. The number of aromatic amines is 1. The molecule has 0 atom stereocenters. The molecule has 1 saturated heterocycles. The van der Waals surface area contributed by atoms with E-state index in [0.717, 1.165) is 22.1 Å². The number of benzene rings is 2. The predicted molar refractivity (Wildman–Crippen MR) is 138 cm³/mol. The second-order valence-electron chi connectivity index (χ2n) is 9.65. The smallest absolute Gasteiger partial charge is 0.258 e. The third kappa shape index (κ3) is 4.86. The van der Waals surface area contributed by atoms with Gasteiger partial charge in [0.05, 0.1) is 40.6 Å². The van der Waals surface area contributed by atoms with E-state index in [2.05, 4.69) is 25.7 Å². The number of aromatic nitrogens is 2. The molecule has 0 bridgehead atoms. The van der Waals surface area contributed by atoms with Gasteiger partial charge < -0.3 is 20.3 Å². The zero-order valence-corrected chi connectivity index (χ0v) is 21.9. The van der Waals surface area contributed by atoms with Gasteiger partial charge in [0.1, 0.15) is 11.6 Å². The van der Waals surface area contributed by atoms with Crippen molar-refractivity contribution in [2.75, 3.05) is 41.8 Å². The topological polar surface area (TPSA) is 137 Å². The van der Waals surface area contributed by atoms with E-state index < -0.39 is 38.0 Å². The number of morpholine rings is 1. The molecule has 0 aliphatic carbocycles. The Kier molecular flexibility index (Phi) is 6.86. The highest BCUT2D eigenvalue weighted by Crippen LogP contribution is 2.44. The number of hydrogen-bond acceptors (Lipinski definition) is 7. The first kappa shape index (κ1) is 26.7. The number of nitrogens with zero attached hydrogens (tertiary/aromatic N) is 3. The average Bonchev–Trinajstić information content (AvgIpc) is 3.42. The van der Waals surface area contributed by atoms with E-state index in [1.165, 1.54) is 0 Å². The van der Waals surface area contributed by atoms with Crippen LogP contribution in [-0.4, -0.2) is 61.5 Å². The van der Waals surface area contributed by atoms with Crippen molar-refractivity contribution in [2.24, 2.45) is 0 Å². The second kappa shape index (κ2) is 10.0. The predicted octanol–water partition coefficient (Wildman–Crippen LogP) is 2.78. The Morgan fingerprint density at radius 1 is 1.13 bits per heavy atom. The number of hydrogen-bond donors (Lipinski definition) is 3. The Morgan fingerprint density at radius 3 is 2.49 bits per heavy atom. The van der Waals surface area contributed by atoms with Crippen molar-refractivity contribution in [3.63, 3.8) is 0 Å². The van der Waals surface area contributed by atoms with Gasteiger partial charge in [-0.2, -0.15) is 9.40 Å². The molecule has 14 heteroatoms. The number of carbonyl (C=O) groups excluding carboxylic acids is 2. The minimum Gasteiger partial charge on any atom is -0.378 e. The summed E-state index contributed by atoms with van der Waals surface area (Å²) < 4.78 is 60.8. The van der Waals surface area contributed by atoms with Crippen LogP contribution in [0.15, 0.2) is 41.3 Å². The van der Waals surface area contributed by atoms with Crippen molar-refractivity contribution in [3.8, 4) is 0 Å². The number of halogens is 2. The summed E-state index contributed by atoms with van der Waals surface area (Å²) in [6.45, 7) is 5.51. The monoisotopic (exact) mass is 560 g/mol. The van der Waals surface area contributed by atoms with Gasteiger partial charge in [0.15, 0.2) is 5.82 Å². The molecule has 5 rings (SSSR count). The lowest BCUT2D eigenvalue weighted by molar-refractivity contribution is -0.105. The molecule has 206 valence electrons. The van der Waals surface area contributed by atoms with Gasteiger partial charge in [-0.15, -0.1) is 0 Å². The number of amides is 2. The number of anilines is 3. The first-order chi connectivity index (χ1) is 18.5. The van der Waals surface area contributed by atoms with E-state index >= 15 is 0 Å². The summed E-state index contributed by atoms with van der Waals surface area (Å²) in [7, 11) is -4.33. The maximum Gasteiger partial charge on any atom is 0.258 e. The number of nitrogens with one attached hydrogen (secondary N) is 3. The van der Waals surface area contributed by atoms with Crippen LogP contribution in [0.3, 0.4) is 0 Å². The van der Waals surface area contributed by atoms with Crippen molar-refractivity contribution >= 4 is 39.5 Å². The lowest BCUT2D eigenvalue weighted by Gasteiger charge is -2.30. The number of ether oxygens (including phenoxy) is 1. The van der Waals surface area contributed by atoms with E-state index in [-0.39, 0.29) is 23.6 Å². The van der Waals surface area contributed by atoms with Crippen LogP contribution in [0.1, 0.15) is 35.5 Å². The lowest BCUT2D eigenvalue weighted by atomic mass is 10.0. The molecule has 2 aliphatic rings. The minimum atomic E-state index is -4.33. The van der Waals surface area contributed by atoms with Crippen LogP contribution in [0.25, 0.3) is 0 Å². The number of fused-ring (bicyclic) bond motifs is 1. The molecule has 3 N–H and O–H groups in total. The molecule has 0 radical (unpaired) electrons. The van der Waals surface area contributed by atoms with E-state index in [1.54, 1.807) is 32.0 Å². The third-order valence-electron chi connectivity index (χ3n) is 6.90. The van der Waals surface area contributed by atoms with Crippen LogP contribution in [-0.2, 0) is 31.6 Å². The fourth-order valence-electron chi connectivity index (χ4n) is 4.89. The molecule has 1 aromatic heterocycles. The van der Waals surface area contributed by atoms with Crippen molar-refractivity contribution < 1.29 is 31.5 Å². The Morgan fingerprint density at radius 2 is 1.82 bits per heavy atom. The van der Waals surface area contributed by atoms with Crippen molar-refractivity contribution in [1.29, 1.82) is 0 Å². The van der Waals surface area contributed by atoms with Crippen LogP contribution in [0.2, 0.25) is 0 Å². The quantitative estimate of drug-likeness (QED) is 0.378. The largest absolute Gasteiger partial charge is 0.378 e. The maximum absolute atomic E-state index is 13.8. The van der Waals surface area contributed by atoms with Gasteiger partial charge in [0, 0.05) is 37.0 Å².